The highest BCUT2D eigenvalue weighted by molar-refractivity contribution is 5.94. The first-order chi connectivity index (χ1) is 14.5. The molecule has 30 heavy (non-hydrogen) atoms. The predicted octanol–water partition coefficient (Wildman–Crippen LogP) is 3.78. The molecule has 2 N–H and O–H groups in total. The molecule has 0 heterocycles. The van der Waals surface area contributed by atoms with Crippen LogP contribution >= 0.6 is 0 Å². The summed E-state index contributed by atoms with van der Waals surface area (Å²) in [7, 11) is 7.43. The largest absolute Gasteiger partial charge is 0.497 e. The summed E-state index contributed by atoms with van der Waals surface area (Å²) < 4.78 is 16.3. The Labute approximate surface area is 180 Å². The van der Waals surface area contributed by atoms with Gasteiger partial charge in [0.15, 0.2) is 17.5 Å². The Bertz CT molecular complexity index is 807. The van der Waals surface area contributed by atoms with Gasteiger partial charge in [-0.1, -0.05) is 12.1 Å². The summed E-state index contributed by atoms with van der Waals surface area (Å²) in [6, 6.07) is 14.0. The summed E-state index contributed by atoms with van der Waals surface area (Å²) in [5.74, 6) is 2.96. The lowest BCUT2D eigenvalue weighted by molar-refractivity contribution is 0.306. The number of hydrogen-bond acceptors (Lipinski definition) is 5. The van der Waals surface area contributed by atoms with E-state index in [0.717, 1.165) is 23.7 Å². The zero-order valence-electron chi connectivity index (χ0n) is 18.9. The van der Waals surface area contributed by atoms with Crippen LogP contribution in [0.15, 0.2) is 47.5 Å². The van der Waals surface area contributed by atoms with Crippen molar-refractivity contribution in [2.75, 3.05) is 53.3 Å². The van der Waals surface area contributed by atoms with Gasteiger partial charge in [-0.2, -0.15) is 0 Å². The molecule has 164 valence electrons. The molecular weight excluding hydrogens is 380 g/mol. The summed E-state index contributed by atoms with van der Waals surface area (Å²) >= 11 is 0. The maximum Gasteiger partial charge on any atom is 0.195 e. The molecule has 0 aliphatic heterocycles. The molecule has 0 spiro atoms. The molecule has 2 aromatic rings. The summed E-state index contributed by atoms with van der Waals surface area (Å²) in [5, 5.41) is 6.65. The van der Waals surface area contributed by atoms with Gasteiger partial charge in [-0.25, -0.2) is 0 Å². The number of rotatable bonds is 10. The second-order valence-corrected chi connectivity index (χ2v) is 6.90. The SMILES string of the molecule is CCNC(=NCC(c1ccc(OC)cc1)N(C)C)Nc1ccc(OCC)c(OC)c1. The number of ether oxygens (including phenoxy) is 3. The Balaban J connectivity index is 2.18. The van der Waals surface area contributed by atoms with Gasteiger partial charge in [0, 0.05) is 18.3 Å². The van der Waals surface area contributed by atoms with Gasteiger partial charge in [0.05, 0.1) is 33.4 Å². The Morgan fingerprint density at radius 3 is 2.30 bits per heavy atom. The van der Waals surface area contributed by atoms with E-state index in [1.54, 1.807) is 14.2 Å². The third-order valence-corrected chi connectivity index (χ3v) is 4.62. The van der Waals surface area contributed by atoms with Gasteiger partial charge in [0.1, 0.15) is 5.75 Å². The maximum atomic E-state index is 5.59. The van der Waals surface area contributed by atoms with E-state index < -0.39 is 0 Å². The van der Waals surface area contributed by atoms with Gasteiger partial charge >= 0.3 is 0 Å². The first-order valence-electron chi connectivity index (χ1n) is 10.2. The molecule has 0 saturated heterocycles. The van der Waals surface area contributed by atoms with Crippen molar-refractivity contribution in [3.63, 3.8) is 0 Å². The van der Waals surface area contributed by atoms with Crippen molar-refractivity contribution < 1.29 is 14.2 Å². The van der Waals surface area contributed by atoms with Gasteiger partial charge in [0.2, 0.25) is 0 Å². The molecule has 0 saturated carbocycles. The van der Waals surface area contributed by atoms with Crippen molar-refractivity contribution in [1.82, 2.24) is 10.2 Å². The van der Waals surface area contributed by atoms with Crippen molar-refractivity contribution in [3.8, 4) is 17.2 Å². The summed E-state index contributed by atoms with van der Waals surface area (Å²) in [5.41, 5.74) is 2.06. The lowest BCUT2D eigenvalue weighted by Gasteiger charge is -2.24. The minimum Gasteiger partial charge on any atom is -0.497 e. The number of benzene rings is 2. The standard InChI is InChI=1S/C23H34N4O3/c1-7-24-23(26-18-11-14-21(30-8-2)22(15-18)29-6)25-16-20(27(3)4)17-9-12-19(28-5)13-10-17/h9-15,20H,7-8,16H2,1-6H3,(H2,24,25,26). The molecule has 0 aliphatic carbocycles. The van der Waals surface area contributed by atoms with Crippen molar-refractivity contribution >= 4 is 11.6 Å². The monoisotopic (exact) mass is 414 g/mol. The van der Waals surface area contributed by atoms with E-state index in [-0.39, 0.29) is 6.04 Å². The van der Waals surface area contributed by atoms with Crippen LogP contribution in [-0.2, 0) is 0 Å². The molecule has 0 aromatic heterocycles. The van der Waals surface area contributed by atoms with Crippen molar-refractivity contribution in [2.45, 2.75) is 19.9 Å². The smallest absolute Gasteiger partial charge is 0.195 e. The first-order valence-corrected chi connectivity index (χ1v) is 10.2. The third-order valence-electron chi connectivity index (χ3n) is 4.62. The molecule has 0 bridgehead atoms. The van der Waals surface area contributed by atoms with E-state index in [4.69, 9.17) is 19.2 Å². The fraction of sp³-hybridized carbons (Fsp3) is 0.435. The van der Waals surface area contributed by atoms with E-state index in [1.807, 2.05) is 44.2 Å². The van der Waals surface area contributed by atoms with E-state index in [0.29, 0.717) is 24.9 Å². The number of hydrogen-bond donors (Lipinski definition) is 2. The molecule has 0 fully saturated rings. The molecule has 0 amide bonds. The van der Waals surface area contributed by atoms with E-state index >= 15 is 0 Å². The summed E-state index contributed by atoms with van der Waals surface area (Å²) in [4.78, 5) is 6.97. The molecular formula is C23H34N4O3. The highest BCUT2D eigenvalue weighted by Crippen LogP contribution is 2.30. The summed E-state index contributed by atoms with van der Waals surface area (Å²) in [6.07, 6.45) is 0. The van der Waals surface area contributed by atoms with Crippen LogP contribution in [0.1, 0.15) is 25.5 Å². The van der Waals surface area contributed by atoms with E-state index in [2.05, 4.69) is 41.8 Å². The second-order valence-electron chi connectivity index (χ2n) is 6.90. The van der Waals surface area contributed by atoms with Crippen LogP contribution in [0.3, 0.4) is 0 Å². The van der Waals surface area contributed by atoms with Crippen LogP contribution in [0.5, 0.6) is 17.2 Å². The van der Waals surface area contributed by atoms with Crippen LogP contribution in [0, 0.1) is 0 Å². The molecule has 0 radical (unpaired) electrons. The Morgan fingerprint density at radius 1 is 1.00 bits per heavy atom. The fourth-order valence-corrected chi connectivity index (χ4v) is 3.03. The summed E-state index contributed by atoms with van der Waals surface area (Å²) in [6.45, 7) is 5.94. The normalized spacial score (nSPS) is 12.4. The van der Waals surface area contributed by atoms with Crippen LogP contribution in [0.4, 0.5) is 5.69 Å². The van der Waals surface area contributed by atoms with Gasteiger partial charge < -0.3 is 29.7 Å². The van der Waals surface area contributed by atoms with E-state index in [1.165, 1.54) is 5.56 Å². The lowest BCUT2D eigenvalue weighted by atomic mass is 10.1. The van der Waals surface area contributed by atoms with Crippen molar-refractivity contribution in [2.24, 2.45) is 4.99 Å². The average Bonchev–Trinajstić information content (AvgIpc) is 2.75. The Morgan fingerprint density at radius 2 is 1.73 bits per heavy atom. The first kappa shape index (κ1) is 23.3. The number of anilines is 1. The van der Waals surface area contributed by atoms with Crippen LogP contribution < -0.4 is 24.8 Å². The number of methoxy groups -OCH3 is 2. The Hall–Kier alpha value is -2.93. The predicted molar refractivity (Wildman–Crippen MR) is 123 cm³/mol. The third kappa shape index (κ3) is 6.56. The van der Waals surface area contributed by atoms with Gasteiger partial charge in [0.25, 0.3) is 0 Å². The zero-order chi connectivity index (χ0) is 21.9. The van der Waals surface area contributed by atoms with Crippen LogP contribution in [0.2, 0.25) is 0 Å². The number of aliphatic imine (C=N–C) groups is 1. The fourth-order valence-electron chi connectivity index (χ4n) is 3.03. The number of likely N-dealkylation sites (N-methyl/N-ethyl adjacent to an activating group) is 1. The number of guanidine groups is 1. The minimum atomic E-state index is 0.140. The average molecular weight is 415 g/mol. The lowest BCUT2D eigenvalue weighted by Crippen LogP contribution is -2.32. The maximum absolute atomic E-state index is 5.59. The number of nitrogens with zero attached hydrogens (tertiary/aromatic N) is 2. The van der Waals surface area contributed by atoms with Gasteiger partial charge in [-0.15, -0.1) is 0 Å². The van der Waals surface area contributed by atoms with Crippen molar-refractivity contribution in [1.29, 1.82) is 0 Å². The molecule has 1 atom stereocenters. The van der Waals surface area contributed by atoms with Gasteiger partial charge in [-0.3, -0.25) is 4.99 Å². The highest BCUT2D eigenvalue weighted by atomic mass is 16.5. The zero-order valence-corrected chi connectivity index (χ0v) is 18.9. The molecule has 1 unspecified atom stereocenters. The minimum absolute atomic E-state index is 0.140. The van der Waals surface area contributed by atoms with E-state index in [9.17, 15) is 0 Å². The van der Waals surface area contributed by atoms with Crippen LogP contribution in [0.25, 0.3) is 0 Å². The molecule has 2 rings (SSSR count). The van der Waals surface area contributed by atoms with Crippen LogP contribution in [-0.4, -0.2) is 58.9 Å². The molecule has 7 heteroatoms. The Kier molecular flexibility index (Phi) is 9.28. The van der Waals surface area contributed by atoms with Gasteiger partial charge in [-0.05, 0) is 57.8 Å². The molecule has 2 aromatic carbocycles. The second kappa shape index (κ2) is 11.9. The highest BCUT2D eigenvalue weighted by Gasteiger charge is 2.14. The molecule has 0 aliphatic rings. The van der Waals surface area contributed by atoms with Crippen molar-refractivity contribution in [3.05, 3.63) is 48.0 Å². The topological polar surface area (TPSA) is 67.4 Å². The molecule has 7 nitrogen and oxygen atoms in total. The quantitative estimate of drug-likeness (QED) is 0.456. The number of nitrogens with one attached hydrogen (secondary N) is 2.